The Kier molecular flexibility index (Phi) is 4.93. The van der Waals surface area contributed by atoms with Gasteiger partial charge in [0.05, 0.1) is 0 Å². The molecule has 0 aromatic rings. The van der Waals surface area contributed by atoms with Gasteiger partial charge in [0, 0.05) is 10.1 Å². The molecule has 0 aliphatic heterocycles. The summed E-state index contributed by atoms with van der Waals surface area (Å²) in [6.45, 7) is 3.86. The molecular formula is C7H10Cl2. The van der Waals surface area contributed by atoms with Crippen LogP contribution in [0.25, 0.3) is 0 Å². The third-order valence-electron chi connectivity index (χ3n) is 0.908. The number of hydrogen-bond acceptors (Lipinski definition) is 0. The zero-order valence-electron chi connectivity index (χ0n) is 5.62. The van der Waals surface area contributed by atoms with E-state index < -0.39 is 0 Å². The Balaban J connectivity index is 3.95. The van der Waals surface area contributed by atoms with Crippen molar-refractivity contribution in [1.29, 1.82) is 0 Å². The fourth-order valence-corrected chi connectivity index (χ4v) is 0.640. The molecular weight excluding hydrogens is 155 g/mol. The molecule has 0 aliphatic rings. The zero-order chi connectivity index (χ0) is 7.28. The molecule has 0 aromatic heterocycles. The van der Waals surface area contributed by atoms with E-state index in [0.717, 1.165) is 11.5 Å². The lowest BCUT2D eigenvalue weighted by atomic mass is 10.4. The standard InChI is InChI=1S/C7H10Cl2/c1-3-6(8)5-7(9)4-2/h3,5H,4H2,1-2H3/b6-3+,7-5+. The molecule has 0 rings (SSSR count). The van der Waals surface area contributed by atoms with Gasteiger partial charge in [-0.2, -0.15) is 0 Å². The molecule has 0 spiro atoms. The van der Waals surface area contributed by atoms with Gasteiger partial charge >= 0.3 is 0 Å². The Labute approximate surface area is 66.2 Å². The van der Waals surface area contributed by atoms with Crippen LogP contribution in [0, 0.1) is 0 Å². The van der Waals surface area contributed by atoms with Crippen LogP contribution in [0.15, 0.2) is 22.2 Å². The van der Waals surface area contributed by atoms with Crippen LogP contribution in [-0.4, -0.2) is 0 Å². The van der Waals surface area contributed by atoms with Gasteiger partial charge in [-0.3, -0.25) is 0 Å². The van der Waals surface area contributed by atoms with Crippen LogP contribution in [-0.2, 0) is 0 Å². The predicted molar refractivity (Wildman–Crippen MR) is 43.8 cm³/mol. The first kappa shape index (κ1) is 9.06. The summed E-state index contributed by atoms with van der Waals surface area (Å²) in [5.74, 6) is 0. The first-order chi connectivity index (χ1) is 4.20. The van der Waals surface area contributed by atoms with E-state index in [1.54, 1.807) is 12.2 Å². The van der Waals surface area contributed by atoms with Crippen molar-refractivity contribution in [3.8, 4) is 0 Å². The first-order valence-electron chi connectivity index (χ1n) is 2.88. The highest BCUT2D eigenvalue weighted by Crippen LogP contribution is 2.12. The smallest absolute Gasteiger partial charge is 0.0374 e. The van der Waals surface area contributed by atoms with Gasteiger partial charge in [0.15, 0.2) is 0 Å². The van der Waals surface area contributed by atoms with Crippen molar-refractivity contribution in [3.63, 3.8) is 0 Å². The Hall–Kier alpha value is 0.0600. The van der Waals surface area contributed by atoms with E-state index in [1.165, 1.54) is 0 Å². The lowest BCUT2D eigenvalue weighted by molar-refractivity contribution is 1.19. The lowest BCUT2D eigenvalue weighted by Crippen LogP contribution is -1.67. The Morgan fingerprint density at radius 2 is 2.00 bits per heavy atom. The summed E-state index contributed by atoms with van der Waals surface area (Å²) in [6, 6.07) is 0. The van der Waals surface area contributed by atoms with E-state index in [1.807, 2.05) is 13.8 Å². The third kappa shape index (κ3) is 4.56. The van der Waals surface area contributed by atoms with Gasteiger partial charge in [-0.15, -0.1) is 0 Å². The maximum Gasteiger partial charge on any atom is 0.0374 e. The normalized spacial score (nSPS) is 14.2. The Morgan fingerprint density at radius 1 is 1.44 bits per heavy atom. The molecule has 0 heterocycles. The van der Waals surface area contributed by atoms with Crippen LogP contribution in [0.4, 0.5) is 0 Å². The summed E-state index contributed by atoms with van der Waals surface area (Å²) in [5, 5.41) is 1.49. The van der Waals surface area contributed by atoms with Crippen molar-refractivity contribution in [2.75, 3.05) is 0 Å². The molecule has 0 saturated heterocycles. The molecule has 0 atom stereocenters. The zero-order valence-corrected chi connectivity index (χ0v) is 7.13. The highest BCUT2D eigenvalue weighted by atomic mass is 35.5. The molecule has 0 aromatic carbocycles. The average Bonchev–Trinajstić information content (AvgIpc) is 1.87. The molecule has 0 nitrogen and oxygen atoms in total. The van der Waals surface area contributed by atoms with E-state index in [2.05, 4.69) is 0 Å². The van der Waals surface area contributed by atoms with Crippen molar-refractivity contribution in [2.24, 2.45) is 0 Å². The topological polar surface area (TPSA) is 0 Å². The fraction of sp³-hybridized carbons (Fsp3) is 0.429. The number of halogens is 2. The fourth-order valence-electron chi connectivity index (χ4n) is 0.335. The highest BCUT2D eigenvalue weighted by Gasteiger charge is 1.87. The quantitative estimate of drug-likeness (QED) is 0.547. The molecule has 0 aliphatic carbocycles. The summed E-state index contributed by atoms with van der Waals surface area (Å²) in [6.07, 6.45) is 4.40. The van der Waals surface area contributed by atoms with Gasteiger partial charge in [-0.05, 0) is 19.4 Å². The summed E-state index contributed by atoms with van der Waals surface area (Å²) in [5.41, 5.74) is 0. The van der Waals surface area contributed by atoms with Crippen LogP contribution in [0.1, 0.15) is 20.3 Å². The van der Waals surface area contributed by atoms with E-state index >= 15 is 0 Å². The minimum Gasteiger partial charge on any atom is -0.0891 e. The van der Waals surface area contributed by atoms with E-state index in [0.29, 0.717) is 5.03 Å². The first-order valence-corrected chi connectivity index (χ1v) is 3.64. The minimum absolute atomic E-state index is 0.696. The van der Waals surface area contributed by atoms with Crippen LogP contribution < -0.4 is 0 Å². The number of hydrogen-bond donors (Lipinski definition) is 0. The maximum absolute atomic E-state index is 5.67. The monoisotopic (exact) mass is 164 g/mol. The van der Waals surface area contributed by atoms with Crippen molar-refractivity contribution < 1.29 is 0 Å². The average molecular weight is 165 g/mol. The summed E-state index contributed by atoms with van der Waals surface area (Å²) in [4.78, 5) is 0. The van der Waals surface area contributed by atoms with Crippen molar-refractivity contribution in [1.82, 2.24) is 0 Å². The second-order valence-electron chi connectivity index (χ2n) is 1.62. The summed E-state index contributed by atoms with van der Waals surface area (Å²) >= 11 is 11.3. The lowest BCUT2D eigenvalue weighted by Gasteiger charge is -1.89. The Morgan fingerprint density at radius 3 is 2.33 bits per heavy atom. The van der Waals surface area contributed by atoms with Crippen molar-refractivity contribution in [2.45, 2.75) is 20.3 Å². The van der Waals surface area contributed by atoms with Gasteiger partial charge < -0.3 is 0 Å². The second-order valence-corrected chi connectivity index (χ2v) is 2.54. The minimum atomic E-state index is 0.696. The van der Waals surface area contributed by atoms with Crippen molar-refractivity contribution in [3.05, 3.63) is 22.2 Å². The van der Waals surface area contributed by atoms with Crippen molar-refractivity contribution >= 4 is 23.2 Å². The van der Waals surface area contributed by atoms with Crippen LogP contribution >= 0.6 is 23.2 Å². The van der Waals surface area contributed by atoms with Crippen LogP contribution in [0.5, 0.6) is 0 Å². The molecule has 0 amide bonds. The second kappa shape index (κ2) is 4.89. The SMILES string of the molecule is C/C=C(Cl)\C=C(\Cl)CC. The van der Waals surface area contributed by atoms with Gasteiger partial charge in [-0.1, -0.05) is 36.2 Å². The molecule has 0 saturated carbocycles. The van der Waals surface area contributed by atoms with Gasteiger partial charge in [0.25, 0.3) is 0 Å². The number of rotatable bonds is 2. The molecule has 0 bridgehead atoms. The van der Waals surface area contributed by atoms with Gasteiger partial charge in [0.2, 0.25) is 0 Å². The summed E-state index contributed by atoms with van der Waals surface area (Å²) in [7, 11) is 0. The molecule has 52 valence electrons. The summed E-state index contributed by atoms with van der Waals surface area (Å²) < 4.78 is 0. The highest BCUT2D eigenvalue weighted by molar-refractivity contribution is 6.34. The molecule has 0 unspecified atom stereocenters. The molecule has 0 N–H and O–H groups in total. The van der Waals surface area contributed by atoms with Crippen LogP contribution in [0.3, 0.4) is 0 Å². The van der Waals surface area contributed by atoms with E-state index in [-0.39, 0.29) is 0 Å². The predicted octanol–water partition coefficient (Wildman–Crippen LogP) is 3.66. The maximum atomic E-state index is 5.67. The number of allylic oxidation sites excluding steroid dienone is 4. The molecule has 0 fully saturated rings. The van der Waals surface area contributed by atoms with Gasteiger partial charge in [0.1, 0.15) is 0 Å². The van der Waals surface area contributed by atoms with E-state index in [9.17, 15) is 0 Å². The van der Waals surface area contributed by atoms with E-state index in [4.69, 9.17) is 23.2 Å². The third-order valence-corrected chi connectivity index (χ3v) is 1.61. The molecule has 2 heteroatoms. The van der Waals surface area contributed by atoms with Crippen LogP contribution in [0.2, 0.25) is 0 Å². The van der Waals surface area contributed by atoms with Gasteiger partial charge in [-0.25, -0.2) is 0 Å². The molecule has 9 heavy (non-hydrogen) atoms. The Bertz CT molecular complexity index is 134. The molecule has 0 radical (unpaired) electrons. The largest absolute Gasteiger partial charge is 0.0891 e.